The molecule has 5 rings (SSSR count). The number of likely N-dealkylation sites (tertiary alicyclic amines) is 2. The standard InChI is InChI=1S/C95H157N11O34/c1-14-63(6)81(73(125-12)58-78(111)105-33-20-24-70(105)86(126-13)64(7)88(116)99-65(8)82(112)67-21-16-15-17-22-67)103(9)92(120)79(61(2)3)102-91(119)80(62(4)5)104(10)95(123)138-60-66-25-26-72(139-94-85(115)83(113)84(114)87(140-94)93(121)122)69(57-66)100-75(108)29-32-98-89(117)68(101-90(118)71(59-96)106-76(109)27-28-77(106)110)23-18-19-31-97-74(107)30-34-127-37-38-129-41-42-131-45-46-133-49-50-135-53-54-137-56-55-136-52-51-134-48-47-132-44-43-130-40-39-128-36-35-124-11/h15-17,21-22,25-26,57,61-65,68,70-71,73,79-87,94,112-115H,14,18-20,23-24,27-56,58-60,96H2,1-13H3,(H,97,107)(H,98,117)(H,99,116)(H,100,108)(H,101,118)(H,102,119)(H,121,122)/t63-,64+,65+,68?,70-,71?,73+,79?,80-,81-,82+,83-,84-,85+,86+,87-,94+/m0/s1. The number of benzene rings is 2. The molecule has 3 aliphatic rings. The summed E-state index contributed by atoms with van der Waals surface area (Å²) in [6, 6.07) is 5.67. The van der Waals surface area contributed by atoms with Gasteiger partial charge in [-0.15, -0.1) is 0 Å². The summed E-state index contributed by atoms with van der Waals surface area (Å²) >= 11 is 0. The molecule has 0 aliphatic carbocycles. The van der Waals surface area contributed by atoms with Crippen molar-refractivity contribution in [1.82, 2.24) is 46.2 Å². The first-order valence-corrected chi connectivity index (χ1v) is 48.3. The molecule has 17 atom stereocenters. The number of imide groups is 1. The lowest BCUT2D eigenvalue weighted by molar-refractivity contribution is -0.271. The molecule has 140 heavy (non-hydrogen) atoms. The number of nitrogens with zero attached hydrogens (tertiary/aromatic N) is 4. The Balaban J connectivity index is 1.10. The minimum atomic E-state index is -2.11. The molecule has 796 valence electrons. The smallest absolute Gasteiger partial charge is 0.410 e. The highest BCUT2D eigenvalue weighted by Gasteiger charge is 2.50. The third-order valence-electron chi connectivity index (χ3n) is 23.9. The fraction of sp³-hybridized carbons (Fsp3) is 0.747. The third kappa shape index (κ3) is 42.6. The number of carboxylic acid groups (broad SMARTS) is 1. The molecular formula is C95H157N11O34. The summed E-state index contributed by atoms with van der Waals surface area (Å²) in [5, 5.41) is 69.4. The van der Waals surface area contributed by atoms with Crippen LogP contribution in [0.25, 0.3) is 0 Å². The number of nitrogens with two attached hydrogens (primary N) is 1. The molecule has 2 aromatic rings. The van der Waals surface area contributed by atoms with Crippen LogP contribution in [0.2, 0.25) is 0 Å². The van der Waals surface area contributed by atoms with Crippen molar-refractivity contribution in [2.45, 2.75) is 224 Å². The second-order valence-corrected chi connectivity index (χ2v) is 34.9. The van der Waals surface area contributed by atoms with Crippen LogP contribution in [0.4, 0.5) is 10.5 Å². The molecule has 3 aliphatic heterocycles. The lowest BCUT2D eigenvalue weighted by Gasteiger charge is -2.41. The maximum absolute atomic E-state index is 15.0. The largest absolute Gasteiger partial charge is 0.479 e. The SMILES string of the molecule is CC[C@H](C)[C@@H]([C@@H](CC(=O)N1CCC[C@H]1[C@H](OC)[C@@H](C)C(=O)N[C@H](C)[C@@H](O)c1ccccc1)OC)N(C)C(=O)C(NC(=O)[C@H](C(C)C)N(C)C(=O)OCc1ccc(O[C@@H]2O[C@H](C(=O)O)[C@@H](O)[C@H](O)[C@H]2O)c(NC(=O)CCNC(=O)C(CCCCNC(=O)CCOCCOCCOCCOCCOCCOCCOCCOCCOCCOCCOCCOC)NC(=O)C(CN)N2C(=O)CCC2=O)c1)C(C)C. The lowest BCUT2D eigenvalue weighted by Crippen LogP contribution is -2.61. The van der Waals surface area contributed by atoms with E-state index in [1.165, 1.54) is 44.4 Å². The predicted molar refractivity (Wildman–Crippen MR) is 504 cm³/mol. The van der Waals surface area contributed by atoms with Crippen molar-refractivity contribution in [3.63, 3.8) is 0 Å². The van der Waals surface area contributed by atoms with E-state index in [0.29, 0.717) is 170 Å². The monoisotopic (exact) mass is 2000 g/mol. The summed E-state index contributed by atoms with van der Waals surface area (Å²) < 4.78 is 94.5. The molecule has 0 spiro atoms. The Bertz CT molecular complexity index is 3970. The maximum Gasteiger partial charge on any atom is 0.410 e. The van der Waals surface area contributed by atoms with E-state index in [1.54, 1.807) is 84.9 Å². The Kier molecular flexibility index (Phi) is 59.3. The van der Waals surface area contributed by atoms with E-state index in [0.717, 1.165) is 9.80 Å². The lowest BCUT2D eigenvalue weighted by atomic mass is 9.89. The van der Waals surface area contributed by atoms with Crippen molar-refractivity contribution < 1.29 is 164 Å². The number of carbonyl (C=O) groups excluding carboxylic acids is 11. The number of anilines is 1. The second kappa shape index (κ2) is 68.3. The summed E-state index contributed by atoms with van der Waals surface area (Å²) in [6.07, 6.45) is -12.7. The van der Waals surface area contributed by atoms with Crippen LogP contribution in [0.15, 0.2) is 48.5 Å². The normalized spacial score (nSPS) is 19.0. The molecule has 0 radical (unpaired) electrons. The average molecular weight is 2000 g/mol. The highest BCUT2D eigenvalue weighted by Crippen LogP contribution is 2.34. The molecule has 3 unspecified atom stereocenters. The molecule has 3 fully saturated rings. The summed E-state index contributed by atoms with van der Waals surface area (Å²) in [6.45, 7) is 22.5. The van der Waals surface area contributed by atoms with Gasteiger partial charge < -0.3 is 153 Å². The number of hydrogen-bond acceptors (Lipinski definition) is 34. The minimum absolute atomic E-state index is 0.0219. The van der Waals surface area contributed by atoms with Gasteiger partial charge in [0.2, 0.25) is 65.4 Å². The molecule has 0 aromatic heterocycles. The van der Waals surface area contributed by atoms with E-state index < -0.39 is 189 Å². The topological polar surface area (TPSA) is 574 Å². The number of aliphatic hydroxyl groups is 4. The number of likely N-dealkylation sites (N-methyl/N-ethyl adjacent to an activating group) is 2. The van der Waals surface area contributed by atoms with Crippen LogP contribution >= 0.6 is 0 Å². The molecule has 0 saturated carbocycles. The first-order valence-electron chi connectivity index (χ1n) is 48.3. The Labute approximate surface area is 820 Å². The van der Waals surface area contributed by atoms with Gasteiger partial charge in [-0.2, -0.15) is 0 Å². The minimum Gasteiger partial charge on any atom is -0.479 e. The fourth-order valence-corrected chi connectivity index (χ4v) is 15.9. The van der Waals surface area contributed by atoms with E-state index in [4.69, 9.17) is 86.3 Å². The number of hydrogen-bond donors (Lipinski definition) is 12. The number of ether oxygens (including phenoxy) is 17. The Morgan fingerprint density at radius 2 is 1.11 bits per heavy atom. The van der Waals surface area contributed by atoms with Gasteiger partial charge in [0.05, 0.1) is 206 Å². The summed E-state index contributed by atoms with van der Waals surface area (Å²) in [4.78, 5) is 170. The van der Waals surface area contributed by atoms with E-state index in [1.807, 2.05) is 19.9 Å². The van der Waals surface area contributed by atoms with Crippen LogP contribution in [0.5, 0.6) is 5.75 Å². The fourth-order valence-electron chi connectivity index (χ4n) is 15.9. The zero-order chi connectivity index (χ0) is 103. The van der Waals surface area contributed by atoms with Crippen molar-refractivity contribution in [3.05, 3.63) is 59.7 Å². The molecule has 45 heteroatoms. The first kappa shape index (κ1) is 122. The average Bonchev–Trinajstić information content (AvgIpc) is 1.05. The Hall–Kier alpha value is -8.92. The Morgan fingerprint density at radius 1 is 0.579 bits per heavy atom. The van der Waals surface area contributed by atoms with Gasteiger partial charge in [0.25, 0.3) is 0 Å². The van der Waals surface area contributed by atoms with Crippen molar-refractivity contribution >= 4 is 76.8 Å². The number of carbonyl (C=O) groups is 12. The van der Waals surface area contributed by atoms with E-state index in [9.17, 15) is 78.3 Å². The predicted octanol–water partition coefficient (Wildman–Crippen LogP) is 0.761. The summed E-state index contributed by atoms with van der Waals surface area (Å²) in [5.74, 6) is -10.2. The number of aliphatic carboxylic acids is 1. The summed E-state index contributed by atoms with van der Waals surface area (Å²) in [5.41, 5.74) is 6.50. The highest BCUT2D eigenvalue weighted by molar-refractivity contribution is 6.06. The molecule has 45 nitrogen and oxygen atoms in total. The quantitative estimate of drug-likeness (QED) is 0.0321. The van der Waals surface area contributed by atoms with Crippen molar-refractivity contribution in [3.8, 4) is 5.75 Å². The van der Waals surface area contributed by atoms with Crippen LogP contribution in [0.1, 0.15) is 143 Å². The number of nitrogens with one attached hydrogen (secondary N) is 6. The molecule has 3 saturated heterocycles. The van der Waals surface area contributed by atoms with Gasteiger partial charge in [-0.3, -0.25) is 57.7 Å². The van der Waals surface area contributed by atoms with Crippen molar-refractivity contribution in [1.29, 1.82) is 0 Å². The Morgan fingerprint density at radius 3 is 1.61 bits per heavy atom. The third-order valence-corrected chi connectivity index (χ3v) is 23.9. The molecule has 11 amide bonds. The number of aliphatic hydroxyl groups excluding tert-OH is 4. The van der Waals surface area contributed by atoms with Crippen LogP contribution < -0.4 is 42.4 Å². The summed E-state index contributed by atoms with van der Waals surface area (Å²) in [7, 11) is 7.47. The van der Waals surface area contributed by atoms with Crippen LogP contribution in [0, 0.1) is 23.7 Å². The first-order chi connectivity index (χ1) is 67.2. The van der Waals surface area contributed by atoms with Gasteiger partial charge in [0.15, 0.2) is 6.10 Å². The molecular weight excluding hydrogens is 1840 g/mol. The van der Waals surface area contributed by atoms with Gasteiger partial charge >= 0.3 is 12.1 Å². The van der Waals surface area contributed by atoms with E-state index in [2.05, 4.69) is 31.9 Å². The van der Waals surface area contributed by atoms with Gasteiger partial charge in [-0.05, 0) is 80.0 Å². The number of unbranched alkanes of at least 4 members (excludes halogenated alkanes) is 1. The van der Waals surface area contributed by atoms with Gasteiger partial charge in [-0.1, -0.05) is 91.3 Å². The van der Waals surface area contributed by atoms with E-state index >= 15 is 4.79 Å². The van der Waals surface area contributed by atoms with Gasteiger partial charge in [0, 0.05) is 87.3 Å². The van der Waals surface area contributed by atoms with E-state index in [-0.39, 0.29) is 106 Å². The van der Waals surface area contributed by atoms with Gasteiger partial charge in [0.1, 0.15) is 54.8 Å². The number of carboxylic acids is 1. The number of amides is 11. The molecule has 3 heterocycles. The molecule has 0 bridgehead atoms. The van der Waals surface area contributed by atoms with Crippen LogP contribution in [-0.2, 0) is 135 Å². The zero-order valence-electron chi connectivity index (χ0n) is 83.6. The van der Waals surface area contributed by atoms with Crippen LogP contribution in [0.3, 0.4) is 0 Å². The maximum atomic E-state index is 15.0. The highest BCUT2D eigenvalue weighted by atomic mass is 16.7. The van der Waals surface area contributed by atoms with Crippen LogP contribution in [-0.4, -0.2) is 415 Å². The molecule has 2 aromatic carbocycles. The number of rotatable bonds is 75. The molecule has 13 N–H and O–H groups in total. The van der Waals surface area contributed by atoms with Gasteiger partial charge in [-0.25, -0.2) is 9.59 Å². The second-order valence-electron chi connectivity index (χ2n) is 34.9. The van der Waals surface area contributed by atoms with Crippen molar-refractivity contribution in [2.75, 3.05) is 219 Å². The number of methoxy groups -OCH3 is 3. The van der Waals surface area contributed by atoms with Crippen molar-refractivity contribution in [2.24, 2.45) is 29.4 Å². The zero-order valence-corrected chi connectivity index (χ0v) is 83.6.